The Hall–Kier alpha value is -3.92. The Bertz CT molecular complexity index is 1250. The maximum Gasteiger partial charge on any atom is 0.221 e. The lowest BCUT2D eigenvalue weighted by Crippen LogP contribution is -2.09. The van der Waals surface area contributed by atoms with Gasteiger partial charge < -0.3 is 10.6 Å². The van der Waals surface area contributed by atoms with Crippen molar-refractivity contribution in [1.29, 1.82) is 0 Å². The van der Waals surface area contributed by atoms with Crippen molar-refractivity contribution >= 4 is 56.9 Å². The summed E-state index contributed by atoms with van der Waals surface area (Å²) in [6.07, 6.45) is 4.08. The number of rotatable bonds is 4. The minimum atomic E-state index is -0.166. The fourth-order valence-electron chi connectivity index (χ4n) is 3.68. The first-order valence-corrected chi connectivity index (χ1v) is 9.79. The number of fused-ring (bicyclic) bond motifs is 2. The number of hydrogen-bond acceptors (Lipinski definition) is 2. The van der Waals surface area contributed by atoms with Crippen LogP contribution in [-0.2, 0) is 9.59 Å². The third-order valence-corrected chi connectivity index (χ3v) is 4.93. The smallest absolute Gasteiger partial charge is 0.221 e. The van der Waals surface area contributed by atoms with E-state index in [1.165, 1.54) is 35.4 Å². The van der Waals surface area contributed by atoms with E-state index in [2.05, 4.69) is 47.0 Å². The van der Waals surface area contributed by atoms with Crippen molar-refractivity contribution in [3.05, 3.63) is 83.9 Å². The van der Waals surface area contributed by atoms with E-state index in [-0.39, 0.29) is 11.8 Å². The van der Waals surface area contributed by atoms with Crippen LogP contribution in [-0.4, -0.2) is 11.8 Å². The molecule has 0 bridgehead atoms. The third kappa shape index (κ3) is 4.08. The number of carbonyl (C=O) groups is 2. The topological polar surface area (TPSA) is 58.2 Å². The van der Waals surface area contributed by atoms with Crippen LogP contribution in [0.5, 0.6) is 0 Å². The zero-order chi connectivity index (χ0) is 21.1. The Balaban J connectivity index is 1.84. The summed E-state index contributed by atoms with van der Waals surface area (Å²) in [7, 11) is 0. The Morgan fingerprint density at radius 3 is 1.90 bits per heavy atom. The van der Waals surface area contributed by atoms with Gasteiger partial charge in [-0.1, -0.05) is 66.7 Å². The molecular weight excluding hydrogens is 372 g/mol. The van der Waals surface area contributed by atoms with Crippen molar-refractivity contribution in [2.75, 3.05) is 10.6 Å². The van der Waals surface area contributed by atoms with Crippen LogP contribution in [0.25, 0.3) is 33.7 Å². The zero-order valence-electron chi connectivity index (χ0n) is 16.9. The largest absolute Gasteiger partial charge is 0.326 e. The summed E-state index contributed by atoms with van der Waals surface area (Å²) in [5, 5.41) is 10.3. The van der Waals surface area contributed by atoms with Gasteiger partial charge in [-0.3, -0.25) is 9.59 Å². The number of amides is 2. The van der Waals surface area contributed by atoms with Crippen molar-refractivity contribution in [2.45, 2.75) is 13.8 Å². The van der Waals surface area contributed by atoms with E-state index in [0.29, 0.717) is 11.4 Å². The van der Waals surface area contributed by atoms with Crippen molar-refractivity contribution < 1.29 is 9.59 Å². The lowest BCUT2D eigenvalue weighted by molar-refractivity contribution is -0.115. The van der Waals surface area contributed by atoms with Gasteiger partial charge in [0, 0.05) is 19.5 Å². The highest BCUT2D eigenvalue weighted by atomic mass is 16.2. The Morgan fingerprint density at radius 2 is 1.30 bits per heavy atom. The van der Waals surface area contributed by atoms with Gasteiger partial charge >= 0.3 is 0 Å². The molecule has 0 fully saturated rings. The van der Waals surface area contributed by atoms with Gasteiger partial charge in [-0.25, -0.2) is 0 Å². The van der Waals surface area contributed by atoms with E-state index in [9.17, 15) is 9.59 Å². The van der Waals surface area contributed by atoms with E-state index in [1.807, 2.05) is 42.5 Å². The molecule has 4 aromatic carbocycles. The highest BCUT2D eigenvalue weighted by Crippen LogP contribution is 2.31. The summed E-state index contributed by atoms with van der Waals surface area (Å²) >= 11 is 0. The molecule has 2 amide bonds. The summed E-state index contributed by atoms with van der Waals surface area (Å²) in [6.45, 7) is 2.92. The second-order valence-corrected chi connectivity index (χ2v) is 7.23. The first-order valence-electron chi connectivity index (χ1n) is 9.79. The van der Waals surface area contributed by atoms with Gasteiger partial charge in [0.1, 0.15) is 0 Å². The van der Waals surface area contributed by atoms with Crippen molar-refractivity contribution in [3.8, 4) is 0 Å². The maximum atomic E-state index is 11.7. The predicted molar refractivity (Wildman–Crippen MR) is 125 cm³/mol. The van der Waals surface area contributed by atoms with Crippen LogP contribution >= 0.6 is 0 Å². The third-order valence-electron chi connectivity index (χ3n) is 4.93. The average molecular weight is 394 g/mol. The first kappa shape index (κ1) is 19.4. The second kappa shape index (κ2) is 8.21. The minimum absolute atomic E-state index is 0.158. The van der Waals surface area contributed by atoms with Gasteiger partial charge in [0.15, 0.2) is 0 Å². The number of anilines is 2. The monoisotopic (exact) mass is 394 g/mol. The van der Waals surface area contributed by atoms with Gasteiger partial charge in [-0.2, -0.15) is 0 Å². The van der Waals surface area contributed by atoms with Gasteiger partial charge in [-0.05, 0) is 50.9 Å². The van der Waals surface area contributed by atoms with E-state index in [1.54, 1.807) is 6.07 Å². The molecular formula is C26H22N2O2. The molecule has 0 saturated carbocycles. The molecule has 0 saturated heterocycles. The predicted octanol–water partition coefficient (Wildman–Crippen LogP) is 6.08. The fourth-order valence-corrected chi connectivity index (χ4v) is 3.68. The second-order valence-electron chi connectivity index (χ2n) is 7.23. The van der Waals surface area contributed by atoms with E-state index in [4.69, 9.17) is 0 Å². The van der Waals surface area contributed by atoms with Crippen molar-refractivity contribution in [2.24, 2.45) is 0 Å². The standard InChI is InChI=1S/C26H22N2O2/c1-17(29)27-22-13-11-19(26(16-22)28-18(2)30)12-14-25-23-9-5-3-7-20(23)15-21-8-4-6-10-24(21)25/h3-16H,1-2H3,(H,27,29)(H,28,30)/b14-12+. The highest BCUT2D eigenvalue weighted by Gasteiger charge is 2.07. The normalized spacial score (nSPS) is 11.1. The molecule has 4 heteroatoms. The fraction of sp³-hybridized carbons (Fsp3) is 0.0769. The van der Waals surface area contributed by atoms with Gasteiger partial charge in [0.05, 0.1) is 5.69 Å². The van der Waals surface area contributed by atoms with Crippen LogP contribution in [0.4, 0.5) is 11.4 Å². The van der Waals surface area contributed by atoms with Crippen LogP contribution in [0, 0.1) is 0 Å². The molecule has 4 nitrogen and oxygen atoms in total. The maximum absolute atomic E-state index is 11.7. The summed E-state index contributed by atoms with van der Waals surface area (Å²) < 4.78 is 0. The summed E-state index contributed by atoms with van der Waals surface area (Å²) in [5.41, 5.74) is 3.27. The quantitative estimate of drug-likeness (QED) is 0.325. The number of carbonyl (C=O) groups excluding carboxylic acids is 2. The molecule has 0 aliphatic carbocycles. The molecule has 0 atom stereocenters. The average Bonchev–Trinajstić information content (AvgIpc) is 2.71. The molecule has 0 heterocycles. The lowest BCUT2D eigenvalue weighted by atomic mass is 9.96. The molecule has 2 N–H and O–H groups in total. The van der Waals surface area contributed by atoms with Crippen LogP contribution in [0.3, 0.4) is 0 Å². The minimum Gasteiger partial charge on any atom is -0.326 e. The first-order chi connectivity index (χ1) is 14.5. The van der Waals surface area contributed by atoms with Crippen LogP contribution in [0.15, 0.2) is 72.8 Å². The van der Waals surface area contributed by atoms with Gasteiger partial charge in [-0.15, -0.1) is 0 Å². The Morgan fingerprint density at radius 1 is 0.700 bits per heavy atom. The van der Waals surface area contributed by atoms with Crippen LogP contribution in [0.1, 0.15) is 25.0 Å². The lowest BCUT2D eigenvalue weighted by Gasteiger charge is -2.11. The molecule has 4 rings (SSSR count). The summed E-state index contributed by atoms with van der Waals surface area (Å²) in [4.78, 5) is 23.1. The number of hydrogen-bond donors (Lipinski definition) is 2. The zero-order valence-corrected chi connectivity index (χ0v) is 16.9. The van der Waals surface area contributed by atoms with Gasteiger partial charge in [0.2, 0.25) is 11.8 Å². The SMILES string of the molecule is CC(=O)Nc1ccc(/C=C/c2c3ccccc3cc3ccccc23)c(NC(C)=O)c1. The molecule has 30 heavy (non-hydrogen) atoms. The molecule has 0 unspecified atom stereocenters. The molecule has 0 aromatic heterocycles. The summed E-state index contributed by atoms with van der Waals surface area (Å²) in [5.74, 6) is -0.325. The number of benzene rings is 4. The summed E-state index contributed by atoms with van der Waals surface area (Å²) in [6, 6.07) is 24.3. The highest BCUT2D eigenvalue weighted by molar-refractivity contribution is 6.08. The van der Waals surface area contributed by atoms with Crippen LogP contribution < -0.4 is 10.6 Å². The van der Waals surface area contributed by atoms with Crippen molar-refractivity contribution in [1.82, 2.24) is 0 Å². The molecule has 148 valence electrons. The number of nitrogens with one attached hydrogen (secondary N) is 2. The van der Waals surface area contributed by atoms with E-state index < -0.39 is 0 Å². The molecule has 0 aliphatic rings. The van der Waals surface area contributed by atoms with Crippen LogP contribution in [0.2, 0.25) is 0 Å². The molecule has 0 aliphatic heterocycles. The Labute approximate surface area is 175 Å². The van der Waals surface area contributed by atoms with Crippen molar-refractivity contribution in [3.63, 3.8) is 0 Å². The molecule has 0 spiro atoms. The Kier molecular flexibility index (Phi) is 5.31. The van der Waals surface area contributed by atoms with Gasteiger partial charge in [0.25, 0.3) is 0 Å². The van der Waals surface area contributed by atoms with E-state index in [0.717, 1.165) is 11.1 Å². The molecule has 0 radical (unpaired) electrons. The molecule has 4 aromatic rings. The van der Waals surface area contributed by atoms with E-state index >= 15 is 0 Å².